The number of carbonyl (C=O) groups is 2. The Bertz CT molecular complexity index is 615. The first kappa shape index (κ1) is 21.1. The fourth-order valence-electron chi connectivity index (χ4n) is 1.71. The summed E-state index contributed by atoms with van der Waals surface area (Å²) >= 11 is 0. The third kappa shape index (κ3) is 10.0. The highest BCUT2D eigenvalue weighted by atomic mass is 16.7. The van der Waals surface area contributed by atoms with Crippen molar-refractivity contribution < 1.29 is 19.3 Å². The molecule has 26 heavy (non-hydrogen) atoms. The number of hydrogen-bond donors (Lipinski definition) is 2. The van der Waals surface area contributed by atoms with E-state index in [4.69, 9.17) is 9.68 Å². The molecule has 0 spiro atoms. The summed E-state index contributed by atoms with van der Waals surface area (Å²) in [6.45, 7) is 4.50. The van der Waals surface area contributed by atoms with Gasteiger partial charge >= 0.3 is 11.9 Å². The minimum Gasteiger partial charge on any atom is -0.367 e. The highest BCUT2D eigenvalue weighted by molar-refractivity contribution is 5.82. The average Bonchev–Trinajstić information content (AvgIpc) is 2.63. The van der Waals surface area contributed by atoms with E-state index in [2.05, 4.69) is 11.0 Å². The van der Waals surface area contributed by atoms with Crippen LogP contribution in [-0.2, 0) is 32.4 Å². The molecule has 0 heterocycles. The molecule has 6 nitrogen and oxygen atoms in total. The summed E-state index contributed by atoms with van der Waals surface area (Å²) in [5, 5.41) is 0. The number of hydrogen-bond acceptors (Lipinski definition) is 6. The number of benzene rings is 1. The quantitative estimate of drug-likeness (QED) is 0.381. The van der Waals surface area contributed by atoms with E-state index in [1.807, 2.05) is 50.3 Å². The molecule has 1 aromatic rings. The molecule has 0 fully saturated rings. The van der Waals surface area contributed by atoms with Gasteiger partial charge in [0.05, 0.1) is 13.1 Å². The Morgan fingerprint density at radius 2 is 1.15 bits per heavy atom. The van der Waals surface area contributed by atoms with Gasteiger partial charge in [0.1, 0.15) is 0 Å². The number of nitrogens with one attached hydrogen (secondary N) is 2. The highest BCUT2D eigenvalue weighted by Gasteiger charge is 2.00. The van der Waals surface area contributed by atoms with Gasteiger partial charge in [-0.3, -0.25) is 0 Å². The van der Waals surface area contributed by atoms with Crippen LogP contribution in [-0.4, -0.2) is 11.9 Å². The van der Waals surface area contributed by atoms with Crippen molar-refractivity contribution in [2.45, 2.75) is 26.9 Å². The molecule has 0 aromatic heterocycles. The molecular weight excluding hydrogens is 332 g/mol. The molecule has 0 aliphatic heterocycles. The lowest BCUT2D eigenvalue weighted by molar-refractivity contribution is -0.146. The van der Waals surface area contributed by atoms with E-state index in [0.717, 1.165) is 11.1 Å². The standard InChI is InChI=1S/C20H24N2O4/c1-3-5-7-9-19(23)25-21-15-17-11-13-18(14-12-17)16-22-26-20(24)10-8-6-4-2/h3-14,21-22H,15-16H2,1-2H3/b5-3+,6-4+,9-7+,10-8+. The van der Waals surface area contributed by atoms with Crippen molar-refractivity contribution in [2.75, 3.05) is 0 Å². The van der Waals surface area contributed by atoms with Crippen molar-refractivity contribution in [3.63, 3.8) is 0 Å². The normalized spacial score (nSPS) is 11.8. The zero-order valence-corrected chi connectivity index (χ0v) is 15.0. The maximum absolute atomic E-state index is 11.4. The highest BCUT2D eigenvalue weighted by Crippen LogP contribution is 2.04. The minimum atomic E-state index is -0.464. The molecule has 2 N–H and O–H groups in total. The predicted molar refractivity (Wildman–Crippen MR) is 100 cm³/mol. The number of rotatable bonds is 10. The van der Waals surface area contributed by atoms with Gasteiger partial charge in [0.15, 0.2) is 0 Å². The van der Waals surface area contributed by atoms with E-state index in [0.29, 0.717) is 13.1 Å². The van der Waals surface area contributed by atoms with Crippen molar-refractivity contribution in [1.29, 1.82) is 0 Å². The number of carbonyl (C=O) groups excluding carboxylic acids is 2. The second-order valence-corrected chi connectivity index (χ2v) is 5.07. The molecular formula is C20H24N2O4. The van der Waals surface area contributed by atoms with Crippen molar-refractivity contribution in [1.82, 2.24) is 11.0 Å². The molecule has 1 aromatic carbocycles. The lowest BCUT2D eigenvalue weighted by Gasteiger charge is -2.06. The van der Waals surface area contributed by atoms with Gasteiger partial charge in [-0.2, -0.15) is 0 Å². The zero-order valence-electron chi connectivity index (χ0n) is 15.0. The first-order chi connectivity index (χ1) is 12.7. The van der Waals surface area contributed by atoms with Crippen LogP contribution in [0.15, 0.2) is 72.9 Å². The molecule has 0 radical (unpaired) electrons. The summed E-state index contributed by atoms with van der Waals surface area (Å²) < 4.78 is 0. The fourth-order valence-corrected chi connectivity index (χ4v) is 1.71. The second-order valence-electron chi connectivity index (χ2n) is 5.07. The van der Waals surface area contributed by atoms with Crippen LogP contribution in [0.5, 0.6) is 0 Å². The van der Waals surface area contributed by atoms with Gasteiger partial charge < -0.3 is 9.68 Å². The van der Waals surface area contributed by atoms with Crippen LogP contribution in [0.2, 0.25) is 0 Å². The summed E-state index contributed by atoms with van der Waals surface area (Å²) in [5.41, 5.74) is 7.11. The largest absolute Gasteiger partial charge is 0.367 e. The van der Waals surface area contributed by atoms with Crippen LogP contribution >= 0.6 is 0 Å². The van der Waals surface area contributed by atoms with Gasteiger partial charge in [-0.05, 0) is 25.0 Å². The lowest BCUT2D eigenvalue weighted by Crippen LogP contribution is -2.19. The van der Waals surface area contributed by atoms with Crippen LogP contribution in [0, 0.1) is 0 Å². The molecule has 6 heteroatoms. The van der Waals surface area contributed by atoms with Crippen LogP contribution < -0.4 is 11.0 Å². The molecule has 0 amide bonds. The van der Waals surface area contributed by atoms with Gasteiger partial charge in [-0.15, -0.1) is 11.0 Å². The van der Waals surface area contributed by atoms with Crippen molar-refractivity contribution in [2.24, 2.45) is 0 Å². The van der Waals surface area contributed by atoms with Crippen molar-refractivity contribution in [3.05, 3.63) is 84.0 Å². The predicted octanol–water partition coefficient (Wildman–Crippen LogP) is 3.05. The van der Waals surface area contributed by atoms with Crippen LogP contribution in [0.25, 0.3) is 0 Å². The third-order valence-electron chi connectivity index (χ3n) is 2.99. The minimum absolute atomic E-state index is 0.391. The lowest BCUT2D eigenvalue weighted by atomic mass is 10.1. The number of hydroxylamine groups is 2. The zero-order chi connectivity index (χ0) is 19.0. The van der Waals surface area contributed by atoms with Crippen LogP contribution in [0.1, 0.15) is 25.0 Å². The Balaban J connectivity index is 2.28. The summed E-state index contributed by atoms with van der Waals surface area (Å²) in [4.78, 5) is 32.4. The second kappa shape index (κ2) is 13.3. The first-order valence-corrected chi connectivity index (χ1v) is 8.19. The SMILES string of the molecule is C/C=C/C=C/C(=O)ONCc1ccc(CNOC(=O)/C=C/C=C/C)cc1. The average molecular weight is 356 g/mol. The van der Waals surface area contributed by atoms with Crippen molar-refractivity contribution >= 4 is 11.9 Å². The first-order valence-electron chi connectivity index (χ1n) is 8.19. The Morgan fingerprint density at radius 3 is 1.50 bits per heavy atom. The van der Waals surface area contributed by atoms with Crippen LogP contribution in [0.4, 0.5) is 0 Å². The maximum Gasteiger partial charge on any atom is 0.349 e. The molecule has 138 valence electrons. The molecule has 0 atom stereocenters. The Kier molecular flexibility index (Phi) is 10.8. The van der Waals surface area contributed by atoms with Gasteiger partial charge in [0, 0.05) is 12.2 Å². The topological polar surface area (TPSA) is 76.7 Å². The smallest absolute Gasteiger partial charge is 0.349 e. The Labute approximate surface area is 153 Å². The van der Waals surface area contributed by atoms with E-state index < -0.39 is 11.9 Å². The molecule has 0 aliphatic rings. The van der Waals surface area contributed by atoms with E-state index in [-0.39, 0.29) is 0 Å². The Hall–Kier alpha value is -2.96. The summed E-state index contributed by atoms with van der Waals surface area (Å²) in [5.74, 6) is -0.927. The van der Waals surface area contributed by atoms with Crippen molar-refractivity contribution in [3.8, 4) is 0 Å². The summed E-state index contributed by atoms with van der Waals surface area (Å²) in [6, 6.07) is 7.56. The fraction of sp³-hybridized carbons (Fsp3) is 0.200. The van der Waals surface area contributed by atoms with E-state index in [1.54, 1.807) is 24.3 Å². The van der Waals surface area contributed by atoms with E-state index >= 15 is 0 Å². The summed E-state index contributed by atoms with van der Waals surface area (Å²) in [6.07, 6.45) is 13.0. The molecule has 1 rings (SSSR count). The van der Waals surface area contributed by atoms with Gasteiger partial charge in [-0.25, -0.2) is 9.59 Å². The molecule has 0 aliphatic carbocycles. The summed E-state index contributed by atoms with van der Waals surface area (Å²) in [7, 11) is 0. The molecule has 0 saturated carbocycles. The van der Waals surface area contributed by atoms with Gasteiger partial charge in [0.2, 0.25) is 0 Å². The Morgan fingerprint density at radius 1 is 0.769 bits per heavy atom. The molecule has 0 unspecified atom stereocenters. The number of allylic oxidation sites excluding steroid dienone is 6. The third-order valence-corrected chi connectivity index (χ3v) is 2.99. The van der Waals surface area contributed by atoms with Gasteiger partial charge in [0.25, 0.3) is 0 Å². The van der Waals surface area contributed by atoms with E-state index in [1.165, 1.54) is 12.2 Å². The van der Waals surface area contributed by atoms with Crippen LogP contribution in [0.3, 0.4) is 0 Å². The van der Waals surface area contributed by atoms with Gasteiger partial charge in [-0.1, -0.05) is 60.7 Å². The molecule has 0 saturated heterocycles. The van der Waals surface area contributed by atoms with E-state index in [9.17, 15) is 9.59 Å². The molecule has 0 bridgehead atoms. The monoisotopic (exact) mass is 356 g/mol. The maximum atomic E-state index is 11.4.